The Morgan fingerprint density at radius 3 is 2.96 bits per heavy atom. The summed E-state index contributed by atoms with van der Waals surface area (Å²) < 4.78 is 1.75. The molecule has 2 amide bonds. The van der Waals surface area contributed by atoms with Gasteiger partial charge in [0.25, 0.3) is 5.91 Å². The van der Waals surface area contributed by atoms with Crippen LogP contribution in [-0.4, -0.2) is 52.1 Å². The van der Waals surface area contributed by atoms with Crippen LogP contribution >= 0.6 is 11.6 Å². The second-order valence-corrected chi connectivity index (χ2v) is 5.99. The lowest BCUT2D eigenvalue weighted by Gasteiger charge is -2.34. The number of fused-ring (bicyclic) bond motifs is 1. The van der Waals surface area contributed by atoms with Gasteiger partial charge in [-0.25, -0.2) is 0 Å². The molecular formula is C16H18ClN3O3. The van der Waals surface area contributed by atoms with Crippen molar-refractivity contribution in [1.29, 1.82) is 0 Å². The van der Waals surface area contributed by atoms with Crippen molar-refractivity contribution in [3.63, 3.8) is 0 Å². The number of rotatable bonds is 3. The van der Waals surface area contributed by atoms with Crippen LogP contribution in [0, 0.1) is 0 Å². The van der Waals surface area contributed by atoms with Gasteiger partial charge in [-0.3, -0.25) is 9.59 Å². The maximum atomic E-state index is 12.9. The van der Waals surface area contributed by atoms with E-state index in [1.165, 1.54) is 4.90 Å². The van der Waals surface area contributed by atoms with E-state index < -0.39 is 6.04 Å². The number of hydrogen-bond acceptors (Lipinski definition) is 3. The maximum absolute atomic E-state index is 12.9. The van der Waals surface area contributed by atoms with Gasteiger partial charge in [-0.2, -0.15) is 0 Å². The highest BCUT2D eigenvalue weighted by molar-refractivity contribution is 6.35. The van der Waals surface area contributed by atoms with E-state index in [1.54, 1.807) is 23.7 Å². The van der Waals surface area contributed by atoms with E-state index in [0.717, 1.165) is 10.9 Å². The van der Waals surface area contributed by atoms with E-state index in [4.69, 9.17) is 11.6 Å². The van der Waals surface area contributed by atoms with Crippen LogP contribution in [0.25, 0.3) is 10.9 Å². The number of aliphatic hydroxyl groups is 1. The second kappa shape index (κ2) is 6.22. The Bertz CT molecular complexity index is 771. The fourth-order valence-corrected chi connectivity index (χ4v) is 3.39. The Kier molecular flexibility index (Phi) is 4.28. The summed E-state index contributed by atoms with van der Waals surface area (Å²) in [7, 11) is 1.78. The quantitative estimate of drug-likeness (QED) is 0.883. The van der Waals surface area contributed by atoms with Gasteiger partial charge in [-0.05, 0) is 18.6 Å². The number of halogens is 1. The Hall–Kier alpha value is -2.05. The largest absolute Gasteiger partial charge is 0.396 e. The van der Waals surface area contributed by atoms with E-state index in [2.05, 4.69) is 5.32 Å². The molecule has 0 aliphatic carbocycles. The van der Waals surface area contributed by atoms with Gasteiger partial charge in [0.15, 0.2) is 0 Å². The fourth-order valence-electron chi connectivity index (χ4n) is 3.09. The molecule has 1 fully saturated rings. The smallest absolute Gasteiger partial charge is 0.271 e. The number of nitrogens with zero attached hydrogens (tertiary/aromatic N) is 2. The molecule has 2 N–H and O–H groups in total. The van der Waals surface area contributed by atoms with Gasteiger partial charge in [-0.15, -0.1) is 0 Å². The molecule has 1 aliphatic heterocycles. The van der Waals surface area contributed by atoms with Crippen LogP contribution in [0.3, 0.4) is 0 Å². The summed E-state index contributed by atoms with van der Waals surface area (Å²) in [5, 5.41) is 13.4. The van der Waals surface area contributed by atoms with Gasteiger partial charge >= 0.3 is 0 Å². The van der Waals surface area contributed by atoms with E-state index in [9.17, 15) is 14.7 Å². The topological polar surface area (TPSA) is 74.6 Å². The molecule has 122 valence electrons. The molecular weight excluding hydrogens is 318 g/mol. The molecule has 1 aromatic carbocycles. The van der Waals surface area contributed by atoms with Crippen LogP contribution in [-0.2, 0) is 11.8 Å². The van der Waals surface area contributed by atoms with Gasteiger partial charge in [0.1, 0.15) is 11.7 Å². The molecule has 0 radical (unpaired) electrons. The molecule has 0 bridgehead atoms. The third-order valence-corrected chi connectivity index (χ3v) is 4.53. The predicted octanol–water partition coefficient (Wildman–Crippen LogP) is 1.15. The number of nitrogens with one attached hydrogen (secondary N) is 1. The average molecular weight is 336 g/mol. The summed E-state index contributed by atoms with van der Waals surface area (Å²) in [5.74, 6) is -0.455. The lowest BCUT2D eigenvalue weighted by atomic mass is 10.1. The van der Waals surface area contributed by atoms with Gasteiger partial charge in [0, 0.05) is 32.1 Å². The molecule has 6 nitrogen and oxygen atoms in total. The molecule has 1 saturated heterocycles. The molecule has 2 heterocycles. The number of amides is 2. The first kappa shape index (κ1) is 15.8. The monoisotopic (exact) mass is 335 g/mol. The number of benzene rings is 1. The van der Waals surface area contributed by atoms with Crippen molar-refractivity contribution in [3.8, 4) is 0 Å². The third kappa shape index (κ3) is 2.68. The summed E-state index contributed by atoms with van der Waals surface area (Å²) >= 11 is 6.22. The number of carbonyl (C=O) groups excluding carboxylic acids is 2. The number of aryl methyl sites for hydroxylation is 1. The molecule has 1 unspecified atom stereocenters. The maximum Gasteiger partial charge on any atom is 0.271 e. The lowest BCUT2D eigenvalue weighted by molar-refractivity contribution is -0.128. The van der Waals surface area contributed by atoms with E-state index in [-0.39, 0.29) is 24.8 Å². The van der Waals surface area contributed by atoms with Crippen molar-refractivity contribution >= 4 is 34.3 Å². The summed E-state index contributed by atoms with van der Waals surface area (Å²) in [5.41, 5.74) is 1.27. The van der Waals surface area contributed by atoms with Gasteiger partial charge < -0.3 is 19.9 Å². The van der Waals surface area contributed by atoms with E-state index in [1.807, 2.05) is 12.1 Å². The third-order valence-electron chi connectivity index (χ3n) is 4.22. The van der Waals surface area contributed by atoms with Crippen molar-refractivity contribution in [2.45, 2.75) is 12.5 Å². The van der Waals surface area contributed by atoms with Crippen molar-refractivity contribution < 1.29 is 14.7 Å². The molecule has 0 spiro atoms. The summed E-state index contributed by atoms with van der Waals surface area (Å²) in [6.07, 6.45) is 0.224. The second-order valence-electron chi connectivity index (χ2n) is 5.58. The highest BCUT2D eigenvalue weighted by atomic mass is 35.5. The van der Waals surface area contributed by atoms with Crippen LogP contribution in [0.1, 0.15) is 16.9 Å². The molecule has 2 aromatic rings. The number of para-hydroxylation sites is 1. The molecule has 3 rings (SSSR count). The van der Waals surface area contributed by atoms with Crippen LogP contribution < -0.4 is 5.32 Å². The first-order chi connectivity index (χ1) is 11.0. The first-order valence-corrected chi connectivity index (χ1v) is 7.86. The number of aliphatic hydroxyl groups excluding tert-OH is 1. The Morgan fingerprint density at radius 2 is 2.26 bits per heavy atom. The van der Waals surface area contributed by atoms with Crippen LogP contribution in [0.15, 0.2) is 24.3 Å². The zero-order chi connectivity index (χ0) is 16.6. The Morgan fingerprint density at radius 1 is 1.48 bits per heavy atom. The molecule has 0 saturated carbocycles. The number of aromatic nitrogens is 1. The van der Waals surface area contributed by atoms with Crippen LogP contribution in [0.5, 0.6) is 0 Å². The summed E-state index contributed by atoms with van der Waals surface area (Å²) in [4.78, 5) is 26.5. The Balaban J connectivity index is 2.00. The van der Waals surface area contributed by atoms with Crippen LogP contribution in [0.2, 0.25) is 5.02 Å². The van der Waals surface area contributed by atoms with E-state index >= 15 is 0 Å². The molecule has 23 heavy (non-hydrogen) atoms. The van der Waals surface area contributed by atoms with Crippen molar-refractivity contribution in [2.24, 2.45) is 7.05 Å². The molecule has 1 aromatic heterocycles. The minimum atomic E-state index is -0.644. The molecule has 1 aliphatic rings. The van der Waals surface area contributed by atoms with Gasteiger partial charge in [0.2, 0.25) is 5.91 Å². The lowest BCUT2D eigenvalue weighted by Crippen LogP contribution is -2.57. The summed E-state index contributed by atoms with van der Waals surface area (Å²) in [6.45, 7) is 0.685. The molecule has 1 atom stereocenters. The summed E-state index contributed by atoms with van der Waals surface area (Å²) in [6, 6.07) is 6.65. The Labute approximate surface area is 138 Å². The van der Waals surface area contributed by atoms with Crippen LogP contribution in [0.4, 0.5) is 0 Å². The number of piperazine rings is 1. The highest BCUT2D eigenvalue weighted by Gasteiger charge is 2.34. The fraction of sp³-hybridized carbons (Fsp3) is 0.375. The highest BCUT2D eigenvalue weighted by Crippen LogP contribution is 2.27. The normalized spacial score (nSPS) is 18.3. The zero-order valence-electron chi connectivity index (χ0n) is 12.8. The minimum absolute atomic E-state index is 0.150. The van der Waals surface area contributed by atoms with Crippen molar-refractivity contribution in [3.05, 3.63) is 35.0 Å². The zero-order valence-corrected chi connectivity index (χ0v) is 13.5. The number of hydrogen-bond donors (Lipinski definition) is 2. The van der Waals surface area contributed by atoms with Gasteiger partial charge in [0.05, 0.1) is 10.5 Å². The van der Waals surface area contributed by atoms with Crippen molar-refractivity contribution in [2.75, 3.05) is 19.7 Å². The SMILES string of the molecule is Cn1c(C(=O)N2CCNC(=O)C2CCO)cc2cccc(Cl)c21. The minimum Gasteiger partial charge on any atom is -0.396 e. The van der Waals surface area contributed by atoms with E-state index in [0.29, 0.717) is 23.8 Å². The number of carbonyl (C=O) groups is 2. The van der Waals surface area contributed by atoms with Gasteiger partial charge in [-0.1, -0.05) is 23.7 Å². The first-order valence-electron chi connectivity index (χ1n) is 7.48. The molecule has 7 heteroatoms. The standard InChI is InChI=1S/C16H18ClN3O3/c1-19-13(9-10-3-2-4-11(17)14(10)19)16(23)20-7-6-18-15(22)12(20)5-8-21/h2-4,9,12,21H,5-8H2,1H3,(H,18,22). The predicted molar refractivity (Wildman–Crippen MR) is 87.5 cm³/mol. The average Bonchev–Trinajstić information content (AvgIpc) is 2.87. The van der Waals surface area contributed by atoms with Crippen molar-refractivity contribution in [1.82, 2.24) is 14.8 Å².